The summed E-state index contributed by atoms with van der Waals surface area (Å²) in [6.07, 6.45) is 25.0. The molecule has 0 radical (unpaired) electrons. The van der Waals surface area contributed by atoms with Crippen molar-refractivity contribution in [1.29, 1.82) is 0 Å². The van der Waals surface area contributed by atoms with E-state index in [1.54, 1.807) is 95.0 Å². The zero-order valence-electron chi connectivity index (χ0n) is 53.5. The van der Waals surface area contributed by atoms with Gasteiger partial charge in [-0.05, 0) is 73.0 Å². The number of unbranched alkanes of at least 4 members (excludes halogenated alkanes) is 20. The Morgan fingerprint density at radius 3 is 0.568 bits per heavy atom. The second-order valence-corrected chi connectivity index (χ2v) is 21.9. The Kier molecular flexibility index (Phi) is 32.0. The minimum Gasteiger partial charge on any atom is -0.462 e. The van der Waals surface area contributed by atoms with Crippen LogP contribution in [0.4, 0.5) is 0 Å². The number of pyridine rings is 4. The van der Waals surface area contributed by atoms with Crippen molar-refractivity contribution < 1.29 is 56.4 Å². The van der Waals surface area contributed by atoms with Gasteiger partial charge in [0.1, 0.15) is 28.2 Å². The third-order valence-corrected chi connectivity index (χ3v) is 14.9. The van der Waals surface area contributed by atoms with Crippen molar-refractivity contribution >= 4 is 23.9 Å². The Morgan fingerprint density at radius 1 is 0.261 bits per heavy atom. The molecule has 5 heterocycles. The van der Waals surface area contributed by atoms with Gasteiger partial charge < -0.3 is 18.9 Å². The first-order chi connectivity index (χ1) is 42.9. The van der Waals surface area contributed by atoms with Crippen molar-refractivity contribution in [1.82, 2.24) is 0 Å². The van der Waals surface area contributed by atoms with E-state index in [1.165, 1.54) is 25.7 Å². The average molecular weight is 1190 g/mol. The fourth-order valence-electron chi connectivity index (χ4n) is 9.35. The zero-order valence-corrected chi connectivity index (χ0v) is 53.5. The van der Waals surface area contributed by atoms with Crippen LogP contribution in [0, 0.1) is 94.7 Å². The number of rotatable bonds is 32. The summed E-state index contributed by atoms with van der Waals surface area (Å²) in [6.45, 7) is 9.81. The Bertz CT molecular complexity index is 2990. The Labute approximate surface area is 525 Å². The highest BCUT2D eigenvalue weighted by molar-refractivity contribution is 5.91. The number of ether oxygens (including phenoxy) is 4. The van der Waals surface area contributed by atoms with E-state index in [0.717, 1.165) is 128 Å². The van der Waals surface area contributed by atoms with Crippen LogP contribution in [0.5, 0.6) is 0 Å². The lowest BCUT2D eigenvalue weighted by molar-refractivity contribution is -0.676. The summed E-state index contributed by atoms with van der Waals surface area (Å²) in [4.78, 5) is 54.7. The van der Waals surface area contributed by atoms with Crippen molar-refractivity contribution in [2.75, 3.05) is 26.4 Å². The minimum absolute atomic E-state index is 0.260. The number of nitrogens with zero attached hydrogens (tertiary/aromatic N) is 4. The third kappa shape index (κ3) is 24.4. The summed E-state index contributed by atoms with van der Waals surface area (Å²) in [6, 6.07) is 13.2. The van der Waals surface area contributed by atoms with Crippen LogP contribution in [-0.4, -0.2) is 50.3 Å². The van der Waals surface area contributed by atoms with Crippen molar-refractivity contribution in [3.8, 4) is 94.7 Å². The first-order valence-electron chi connectivity index (χ1n) is 31.8. The highest BCUT2D eigenvalue weighted by atomic mass is 16.5. The molecule has 0 saturated carbocycles. The van der Waals surface area contributed by atoms with Gasteiger partial charge in [-0.25, -0.2) is 19.2 Å². The summed E-state index contributed by atoms with van der Waals surface area (Å²) in [5, 5.41) is 0. The molecule has 456 valence electrons. The van der Waals surface area contributed by atoms with Crippen molar-refractivity contribution in [2.24, 2.45) is 28.2 Å². The normalized spacial score (nSPS) is 10.8. The molecule has 8 bridgehead atoms. The van der Waals surface area contributed by atoms with Gasteiger partial charge in [-0.1, -0.05) is 156 Å². The Hall–Kier alpha value is -9.04. The van der Waals surface area contributed by atoms with Gasteiger partial charge in [-0.15, -0.1) is 0 Å². The molecule has 88 heavy (non-hydrogen) atoms. The lowest BCUT2D eigenvalue weighted by Crippen LogP contribution is -2.37. The molecule has 0 N–H and O–H groups in total. The van der Waals surface area contributed by atoms with Gasteiger partial charge >= 0.3 is 23.9 Å². The molecule has 0 unspecified atom stereocenters. The predicted octanol–water partition coefficient (Wildman–Crippen LogP) is 11.0. The van der Waals surface area contributed by atoms with Crippen LogP contribution in [0.15, 0.2) is 48.5 Å². The van der Waals surface area contributed by atoms with Gasteiger partial charge in [0, 0.05) is 95.9 Å². The molecule has 5 rings (SSSR count). The van der Waals surface area contributed by atoms with E-state index < -0.39 is 23.9 Å². The van der Waals surface area contributed by atoms with E-state index in [4.69, 9.17) is 18.9 Å². The summed E-state index contributed by atoms with van der Waals surface area (Å²) < 4.78 is 30.0. The summed E-state index contributed by atoms with van der Waals surface area (Å²) in [7, 11) is 7.12. The standard InChI is InChI=1S/C76H88N4O8/c1-9-13-17-21-25-37-49-85-73(81)61-53-65-41-29-31-43-67-55-62(74(82)86-50-38-26-22-18-14-10-2)57-69(78(67)6)45-33-35-47-71-59-64(76(84)88-52-40-28-24-20-16-12-4)60-72(80(71)8)48-36-34-46-70-58-63(75(83)87-51-39-27-23-19-15-11-3)56-68(79(70)7)44-32-30-42-66(54-61)77(65)5/h53-60H,9-28,37-40,49-52H2,1-8H3/q+4. The van der Waals surface area contributed by atoms with Gasteiger partial charge in [0.25, 0.3) is 45.6 Å². The molecule has 4 aromatic heterocycles. The van der Waals surface area contributed by atoms with Gasteiger partial charge in [0.05, 0.1) is 48.7 Å². The van der Waals surface area contributed by atoms with E-state index in [9.17, 15) is 19.2 Å². The first kappa shape index (κ1) is 69.7. The molecule has 1 aliphatic heterocycles. The predicted molar refractivity (Wildman–Crippen MR) is 340 cm³/mol. The maximum absolute atomic E-state index is 13.7. The molecule has 12 heteroatoms. The minimum atomic E-state index is -0.509. The third-order valence-electron chi connectivity index (χ3n) is 14.9. The molecule has 0 atom stereocenters. The van der Waals surface area contributed by atoms with E-state index >= 15 is 0 Å². The van der Waals surface area contributed by atoms with E-state index in [2.05, 4.69) is 122 Å². The average Bonchev–Trinajstić information content (AvgIpc) is 3.23. The number of carbonyl (C=O) groups excluding carboxylic acids is 4. The van der Waals surface area contributed by atoms with Crippen LogP contribution in [0.25, 0.3) is 0 Å². The maximum Gasteiger partial charge on any atom is 0.338 e. The number of esters is 4. The maximum atomic E-state index is 13.7. The first-order valence-corrected chi connectivity index (χ1v) is 31.8. The van der Waals surface area contributed by atoms with Gasteiger partial charge in [-0.3, -0.25) is 0 Å². The molecule has 1 aliphatic rings. The number of carbonyl (C=O) groups is 4. The second-order valence-electron chi connectivity index (χ2n) is 21.9. The molecule has 0 spiro atoms. The SMILES string of the molecule is CCCCCCCCOC(=O)c1cc2[n+](C)c(c1)C#CC#Cc1cc(C(=O)OCCCCCCCC)cc([n+]1C)C#CC#Cc1cc(C(=O)OCCCCCCCC)cc([n+]1C)C#CC#Cc1cc(C(=O)OCCCCCCCC)cc([n+]1C)C#CC#C2. The second kappa shape index (κ2) is 40.4. The smallest absolute Gasteiger partial charge is 0.338 e. The van der Waals surface area contributed by atoms with Crippen LogP contribution >= 0.6 is 0 Å². The highest BCUT2D eigenvalue weighted by Gasteiger charge is 2.23. The Balaban J connectivity index is 1.66. The van der Waals surface area contributed by atoms with Crippen molar-refractivity contribution in [3.05, 3.63) is 116 Å². The fourth-order valence-corrected chi connectivity index (χ4v) is 9.35. The van der Waals surface area contributed by atoms with E-state index in [0.29, 0.717) is 45.6 Å². The molecule has 12 nitrogen and oxygen atoms in total. The van der Waals surface area contributed by atoms with Gasteiger partial charge in [0.15, 0.2) is 0 Å². The molecule has 0 aromatic carbocycles. The topological polar surface area (TPSA) is 121 Å². The largest absolute Gasteiger partial charge is 0.462 e. The number of fused-ring (bicyclic) bond motifs is 8. The Morgan fingerprint density at radius 2 is 0.409 bits per heavy atom. The monoisotopic (exact) mass is 1180 g/mol. The van der Waals surface area contributed by atoms with Gasteiger partial charge in [-0.2, -0.15) is 18.3 Å². The van der Waals surface area contributed by atoms with E-state index in [-0.39, 0.29) is 48.7 Å². The van der Waals surface area contributed by atoms with Crippen LogP contribution < -0.4 is 18.3 Å². The van der Waals surface area contributed by atoms with Crippen molar-refractivity contribution in [3.63, 3.8) is 0 Å². The molecule has 0 amide bonds. The highest BCUT2D eigenvalue weighted by Crippen LogP contribution is 2.14. The lowest BCUT2D eigenvalue weighted by Gasteiger charge is -2.06. The summed E-state index contributed by atoms with van der Waals surface area (Å²) in [5.74, 6) is 46.4. The van der Waals surface area contributed by atoms with Crippen LogP contribution in [0.3, 0.4) is 0 Å². The van der Waals surface area contributed by atoms with Crippen LogP contribution in [0.2, 0.25) is 0 Å². The zero-order chi connectivity index (χ0) is 63.1. The van der Waals surface area contributed by atoms with Crippen LogP contribution in [-0.2, 0) is 47.1 Å². The summed E-state index contributed by atoms with van der Waals surface area (Å²) in [5.41, 5.74) is 4.46. The summed E-state index contributed by atoms with van der Waals surface area (Å²) >= 11 is 0. The molecular weight excluding hydrogens is 1100 g/mol. The van der Waals surface area contributed by atoms with Gasteiger partial charge in [0.2, 0.25) is 0 Å². The molecule has 0 fully saturated rings. The quantitative estimate of drug-likeness (QED) is 0.0156. The van der Waals surface area contributed by atoms with Crippen LogP contribution in [0.1, 0.15) is 269 Å². The molecular formula is C76H88N4O8+4. The molecule has 4 aromatic rings. The number of hydrogen-bond donors (Lipinski definition) is 0. The van der Waals surface area contributed by atoms with Crippen molar-refractivity contribution in [2.45, 2.75) is 182 Å². The molecule has 0 saturated heterocycles. The number of aromatic nitrogens is 4. The lowest BCUT2D eigenvalue weighted by atomic mass is 10.1. The van der Waals surface area contributed by atoms with E-state index in [1.807, 2.05) is 0 Å². The number of hydrogen-bond acceptors (Lipinski definition) is 8. The molecule has 0 aliphatic carbocycles. The fraction of sp³-hybridized carbons (Fsp3) is 0.474.